The number of carbonyl (C=O) groups is 2. The monoisotopic (exact) mass is 418 g/mol. The van der Waals surface area contributed by atoms with Gasteiger partial charge in [-0.1, -0.05) is 12.1 Å². The molecule has 2 unspecified atom stereocenters. The highest BCUT2D eigenvalue weighted by atomic mass is 16.5. The van der Waals surface area contributed by atoms with E-state index in [1.165, 1.54) is 0 Å². The van der Waals surface area contributed by atoms with Gasteiger partial charge in [0.1, 0.15) is 0 Å². The van der Waals surface area contributed by atoms with Crippen LogP contribution in [0.5, 0.6) is 0 Å². The molecule has 2 amide bonds. The van der Waals surface area contributed by atoms with Crippen LogP contribution in [0.1, 0.15) is 46.0 Å². The highest BCUT2D eigenvalue weighted by Gasteiger charge is 2.28. The van der Waals surface area contributed by atoms with Crippen molar-refractivity contribution in [1.29, 1.82) is 0 Å². The second-order valence-corrected chi connectivity index (χ2v) is 8.07. The highest BCUT2D eigenvalue weighted by molar-refractivity contribution is 6.09. The number of rotatable bonds is 3. The number of morpholine rings is 1. The van der Waals surface area contributed by atoms with E-state index in [-0.39, 0.29) is 24.0 Å². The number of aryl methyl sites for hydroxylation is 2. The molecule has 1 N–H and O–H groups in total. The van der Waals surface area contributed by atoms with Crippen LogP contribution in [0, 0.1) is 13.8 Å². The lowest BCUT2D eigenvalue weighted by molar-refractivity contribution is -0.0585. The molecule has 1 saturated heterocycles. The van der Waals surface area contributed by atoms with Gasteiger partial charge in [-0.05, 0) is 58.0 Å². The van der Waals surface area contributed by atoms with Gasteiger partial charge in [0.15, 0.2) is 0 Å². The van der Waals surface area contributed by atoms with Gasteiger partial charge in [-0.25, -0.2) is 9.97 Å². The molecule has 0 saturated carbocycles. The summed E-state index contributed by atoms with van der Waals surface area (Å²) in [6.07, 6.45) is -0.0551. The third-order valence-corrected chi connectivity index (χ3v) is 5.45. The smallest absolute Gasteiger partial charge is 0.256 e. The number of hydrogen-bond acceptors (Lipinski definition) is 5. The number of fused-ring (bicyclic) bond motifs is 1. The highest BCUT2D eigenvalue weighted by Crippen LogP contribution is 2.22. The van der Waals surface area contributed by atoms with E-state index in [9.17, 15) is 9.59 Å². The van der Waals surface area contributed by atoms with E-state index in [1.807, 2.05) is 27.7 Å². The molecule has 31 heavy (non-hydrogen) atoms. The largest absolute Gasteiger partial charge is 0.372 e. The van der Waals surface area contributed by atoms with Gasteiger partial charge < -0.3 is 15.0 Å². The summed E-state index contributed by atoms with van der Waals surface area (Å²) in [6.45, 7) is 8.75. The van der Waals surface area contributed by atoms with Gasteiger partial charge >= 0.3 is 0 Å². The van der Waals surface area contributed by atoms with Crippen molar-refractivity contribution < 1.29 is 14.3 Å². The van der Waals surface area contributed by atoms with Crippen molar-refractivity contribution >= 4 is 28.5 Å². The molecule has 3 aromatic rings. The minimum absolute atomic E-state index is 0.0275. The molecule has 0 aliphatic carbocycles. The fourth-order valence-corrected chi connectivity index (χ4v) is 3.86. The van der Waals surface area contributed by atoms with Crippen LogP contribution in [0.25, 0.3) is 11.0 Å². The first-order chi connectivity index (χ1) is 14.8. The number of anilines is 1. The number of hydrogen-bond donors (Lipinski definition) is 1. The topological polar surface area (TPSA) is 84.4 Å². The van der Waals surface area contributed by atoms with Crippen LogP contribution >= 0.6 is 0 Å². The van der Waals surface area contributed by atoms with E-state index in [0.717, 1.165) is 16.9 Å². The molecule has 2 heterocycles. The van der Waals surface area contributed by atoms with Gasteiger partial charge in [-0.3, -0.25) is 9.59 Å². The maximum atomic E-state index is 13.2. The minimum Gasteiger partial charge on any atom is -0.372 e. The molecule has 2 aromatic carbocycles. The summed E-state index contributed by atoms with van der Waals surface area (Å²) < 4.78 is 5.73. The van der Waals surface area contributed by atoms with Crippen molar-refractivity contribution in [2.45, 2.75) is 39.9 Å². The van der Waals surface area contributed by atoms with E-state index in [0.29, 0.717) is 35.4 Å². The van der Waals surface area contributed by atoms with E-state index in [4.69, 9.17) is 4.74 Å². The van der Waals surface area contributed by atoms with Crippen LogP contribution in [0.15, 0.2) is 42.5 Å². The molecule has 0 radical (unpaired) electrons. The van der Waals surface area contributed by atoms with Crippen LogP contribution < -0.4 is 5.32 Å². The van der Waals surface area contributed by atoms with Gasteiger partial charge in [0.25, 0.3) is 11.8 Å². The Morgan fingerprint density at radius 2 is 1.61 bits per heavy atom. The lowest BCUT2D eigenvalue weighted by Gasteiger charge is -2.35. The Labute approximate surface area is 181 Å². The van der Waals surface area contributed by atoms with Gasteiger partial charge in [0.05, 0.1) is 45.9 Å². The molecule has 160 valence electrons. The normalized spacial score (nSPS) is 18.8. The molecular formula is C24H26N4O3. The Bertz CT molecular complexity index is 1150. The standard InChI is InChI=1S/C24H26N4O3/c1-14-12-28(13-15(2)31-14)24(30)19-7-5-6-8-20(19)27-23(29)18-9-10-21-22(11-18)26-17(4)16(3)25-21/h5-11,14-15H,12-13H2,1-4H3,(H,27,29). The summed E-state index contributed by atoms with van der Waals surface area (Å²) in [4.78, 5) is 37.0. The Morgan fingerprint density at radius 3 is 2.32 bits per heavy atom. The third kappa shape index (κ3) is 4.41. The van der Waals surface area contributed by atoms with Gasteiger partial charge in [0, 0.05) is 18.7 Å². The summed E-state index contributed by atoms with van der Waals surface area (Å²) >= 11 is 0. The first kappa shape index (κ1) is 20.9. The molecule has 1 aromatic heterocycles. The van der Waals surface area contributed by atoms with Gasteiger partial charge in [0.2, 0.25) is 0 Å². The van der Waals surface area contributed by atoms with Gasteiger partial charge in [-0.2, -0.15) is 0 Å². The quantitative estimate of drug-likeness (QED) is 0.700. The Balaban J connectivity index is 1.59. The van der Waals surface area contributed by atoms with Crippen LogP contribution in [-0.2, 0) is 4.74 Å². The SMILES string of the molecule is Cc1nc2ccc(C(=O)Nc3ccccc3C(=O)N3CC(C)OC(C)C3)cc2nc1C. The summed E-state index contributed by atoms with van der Waals surface area (Å²) in [5, 5.41) is 2.89. The van der Waals surface area contributed by atoms with E-state index in [2.05, 4.69) is 15.3 Å². The molecule has 7 nitrogen and oxygen atoms in total. The zero-order chi connectivity index (χ0) is 22.1. The molecule has 0 spiro atoms. The fraction of sp³-hybridized carbons (Fsp3) is 0.333. The second-order valence-electron chi connectivity index (χ2n) is 8.07. The number of aromatic nitrogens is 2. The Hall–Kier alpha value is -3.32. The average molecular weight is 418 g/mol. The number of nitrogens with zero attached hydrogens (tertiary/aromatic N) is 3. The van der Waals surface area contributed by atoms with Gasteiger partial charge in [-0.15, -0.1) is 0 Å². The first-order valence-corrected chi connectivity index (χ1v) is 10.4. The predicted molar refractivity (Wildman–Crippen MR) is 119 cm³/mol. The fourth-order valence-electron chi connectivity index (χ4n) is 3.86. The molecule has 1 aliphatic rings. The summed E-state index contributed by atoms with van der Waals surface area (Å²) in [5.41, 5.74) is 4.50. The third-order valence-electron chi connectivity index (χ3n) is 5.45. The maximum absolute atomic E-state index is 13.2. The number of carbonyl (C=O) groups excluding carboxylic acids is 2. The number of nitrogens with one attached hydrogen (secondary N) is 1. The Kier molecular flexibility index (Phi) is 5.69. The molecule has 1 fully saturated rings. The zero-order valence-corrected chi connectivity index (χ0v) is 18.2. The lowest BCUT2D eigenvalue weighted by atomic mass is 10.1. The van der Waals surface area contributed by atoms with Crippen molar-refractivity contribution in [3.63, 3.8) is 0 Å². The van der Waals surface area contributed by atoms with Crippen molar-refractivity contribution in [2.75, 3.05) is 18.4 Å². The van der Waals surface area contributed by atoms with Crippen LogP contribution in [-0.4, -0.2) is 52.0 Å². The molecule has 4 rings (SSSR count). The summed E-state index contributed by atoms with van der Waals surface area (Å²) in [7, 11) is 0. The number of amides is 2. The van der Waals surface area contributed by atoms with Crippen LogP contribution in [0.4, 0.5) is 5.69 Å². The maximum Gasteiger partial charge on any atom is 0.256 e. The molecular weight excluding hydrogens is 392 g/mol. The van der Waals surface area contributed by atoms with E-state index in [1.54, 1.807) is 47.4 Å². The zero-order valence-electron chi connectivity index (χ0n) is 18.2. The molecule has 1 aliphatic heterocycles. The van der Waals surface area contributed by atoms with Crippen molar-refractivity contribution in [1.82, 2.24) is 14.9 Å². The van der Waals surface area contributed by atoms with E-state index >= 15 is 0 Å². The molecule has 7 heteroatoms. The Morgan fingerprint density at radius 1 is 0.968 bits per heavy atom. The van der Waals surface area contributed by atoms with Crippen molar-refractivity contribution in [2.24, 2.45) is 0 Å². The first-order valence-electron chi connectivity index (χ1n) is 10.4. The minimum atomic E-state index is -0.300. The molecule has 2 atom stereocenters. The van der Waals surface area contributed by atoms with E-state index < -0.39 is 0 Å². The van der Waals surface area contributed by atoms with Crippen molar-refractivity contribution in [3.05, 3.63) is 65.0 Å². The van der Waals surface area contributed by atoms with Crippen LogP contribution in [0.3, 0.4) is 0 Å². The number of para-hydroxylation sites is 1. The van der Waals surface area contributed by atoms with Crippen molar-refractivity contribution in [3.8, 4) is 0 Å². The summed E-state index contributed by atoms with van der Waals surface area (Å²) in [6, 6.07) is 12.3. The average Bonchev–Trinajstić information content (AvgIpc) is 2.73. The van der Waals surface area contributed by atoms with Crippen LogP contribution in [0.2, 0.25) is 0 Å². The lowest BCUT2D eigenvalue weighted by Crippen LogP contribution is -2.48. The number of benzene rings is 2. The summed E-state index contributed by atoms with van der Waals surface area (Å²) in [5.74, 6) is -0.417. The predicted octanol–water partition coefficient (Wildman–Crippen LogP) is 3.75. The second kappa shape index (κ2) is 8.43. The number of ether oxygens (including phenoxy) is 1. The molecule has 0 bridgehead atoms.